The number of amides is 2. The molecule has 0 aliphatic heterocycles. The molecule has 1 aromatic heterocycles. The van der Waals surface area contributed by atoms with Crippen molar-refractivity contribution in [3.8, 4) is 17.2 Å². The highest BCUT2D eigenvalue weighted by Crippen LogP contribution is 2.23. The first-order chi connectivity index (χ1) is 14.0. The second-order valence-electron chi connectivity index (χ2n) is 5.94. The van der Waals surface area contributed by atoms with E-state index in [1.54, 1.807) is 48.5 Å². The topological polar surface area (TPSA) is 110 Å². The van der Waals surface area contributed by atoms with Crippen LogP contribution in [0.4, 0.5) is 10.5 Å². The number of aromatic nitrogens is 1. The number of carboxylic acid groups (broad SMARTS) is 1. The maximum atomic E-state index is 12.1. The Morgan fingerprint density at radius 1 is 1.03 bits per heavy atom. The molecule has 0 aliphatic carbocycles. The van der Waals surface area contributed by atoms with Crippen molar-refractivity contribution in [2.75, 3.05) is 12.4 Å². The smallest absolute Gasteiger partial charge is 0.354 e. The Balaban J connectivity index is 1.54. The van der Waals surface area contributed by atoms with Crippen LogP contribution in [0.5, 0.6) is 17.2 Å². The Labute approximate surface area is 167 Å². The van der Waals surface area contributed by atoms with E-state index in [1.165, 1.54) is 19.4 Å². The summed E-state index contributed by atoms with van der Waals surface area (Å²) in [7, 11) is 1.54. The van der Waals surface area contributed by atoms with Gasteiger partial charge in [0.05, 0.1) is 12.8 Å². The van der Waals surface area contributed by atoms with Crippen LogP contribution in [0.25, 0.3) is 0 Å². The average Bonchev–Trinajstić information content (AvgIpc) is 2.74. The normalized spacial score (nSPS) is 10.1. The monoisotopic (exact) mass is 393 g/mol. The summed E-state index contributed by atoms with van der Waals surface area (Å²) in [5.74, 6) is 0.365. The van der Waals surface area contributed by atoms with E-state index in [0.717, 1.165) is 5.56 Å². The zero-order valence-corrected chi connectivity index (χ0v) is 15.6. The van der Waals surface area contributed by atoms with Gasteiger partial charge in [-0.2, -0.15) is 0 Å². The Morgan fingerprint density at radius 2 is 1.79 bits per heavy atom. The molecule has 0 fully saturated rings. The average molecular weight is 393 g/mol. The molecule has 3 N–H and O–H groups in total. The van der Waals surface area contributed by atoms with Crippen molar-refractivity contribution in [1.29, 1.82) is 0 Å². The van der Waals surface area contributed by atoms with E-state index in [2.05, 4.69) is 15.6 Å². The summed E-state index contributed by atoms with van der Waals surface area (Å²) >= 11 is 0. The number of hydrogen-bond donors (Lipinski definition) is 3. The van der Waals surface area contributed by atoms with Gasteiger partial charge in [0.2, 0.25) is 0 Å². The van der Waals surface area contributed by atoms with E-state index in [0.29, 0.717) is 29.5 Å². The van der Waals surface area contributed by atoms with Crippen LogP contribution >= 0.6 is 0 Å². The van der Waals surface area contributed by atoms with Gasteiger partial charge in [-0.3, -0.25) is 0 Å². The maximum absolute atomic E-state index is 12.1. The third-order valence-electron chi connectivity index (χ3n) is 3.92. The summed E-state index contributed by atoms with van der Waals surface area (Å²) in [6.45, 7) is 0.319. The highest BCUT2D eigenvalue weighted by molar-refractivity contribution is 5.90. The van der Waals surface area contributed by atoms with Gasteiger partial charge in [0, 0.05) is 18.8 Å². The second-order valence-corrected chi connectivity index (χ2v) is 5.94. The first-order valence-electron chi connectivity index (χ1n) is 8.69. The van der Waals surface area contributed by atoms with Gasteiger partial charge in [-0.15, -0.1) is 0 Å². The van der Waals surface area contributed by atoms with Crippen molar-refractivity contribution < 1.29 is 24.2 Å². The van der Waals surface area contributed by atoms with Gasteiger partial charge in [-0.05, 0) is 35.9 Å². The second kappa shape index (κ2) is 9.23. The molecule has 29 heavy (non-hydrogen) atoms. The number of carboxylic acids is 1. The van der Waals surface area contributed by atoms with E-state index < -0.39 is 5.97 Å². The first kappa shape index (κ1) is 19.7. The molecular formula is C21H19N3O5. The zero-order valence-electron chi connectivity index (χ0n) is 15.6. The molecule has 3 rings (SSSR count). The molecule has 0 atom stereocenters. The lowest BCUT2D eigenvalue weighted by Gasteiger charge is -2.11. The Kier molecular flexibility index (Phi) is 6.26. The summed E-state index contributed by atoms with van der Waals surface area (Å²) in [4.78, 5) is 26.8. The van der Waals surface area contributed by atoms with Crippen LogP contribution in [0.3, 0.4) is 0 Å². The number of carbonyl (C=O) groups is 2. The Morgan fingerprint density at radius 3 is 2.52 bits per heavy atom. The summed E-state index contributed by atoms with van der Waals surface area (Å²) < 4.78 is 10.8. The van der Waals surface area contributed by atoms with E-state index >= 15 is 0 Å². The molecule has 8 heteroatoms. The number of aromatic carboxylic acids is 1. The van der Waals surface area contributed by atoms with E-state index in [9.17, 15) is 9.59 Å². The van der Waals surface area contributed by atoms with Crippen LogP contribution in [0.2, 0.25) is 0 Å². The molecule has 0 unspecified atom stereocenters. The van der Waals surface area contributed by atoms with Gasteiger partial charge in [0.15, 0.2) is 5.69 Å². The molecule has 0 spiro atoms. The number of ether oxygens (including phenoxy) is 2. The molecule has 2 amide bonds. The number of anilines is 1. The molecule has 148 valence electrons. The standard InChI is InChI=1S/C21H19N3O5/c1-28-19-5-3-2-4-17(19)24-21(27)23-13-14-6-8-15(9-7-14)29-16-10-11-22-18(12-16)20(25)26/h2-12H,13H2,1H3,(H,25,26)(H2,23,24,27). The van der Waals surface area contributed by atoms with Gasteiger partial charge in [0.1, 0.15) is 17.2 Å². The van der Waals surface area contributed by atoms with Gasteiger partial charge in [0.25, 0.3) is 0 Å². The third kappa shape index (κ3) is 5.46. The lowest BCUT2D eigenvalue weighted by atomic mass is 10.2. The molecule has 8 nitrogen and oxygen atoms in total. The van der Waals surface area contributed by atoms with Crippen molar-refractivity contribution in [1.82, 2.24) is 10.3 Å². The number of nitrogens with zero attached hydrogens (tertiary/aromatic N) is 1. The Bertz CT molecular complexity index is 1010. The molecule has 0 saturated heterocycles. The molecule has 2 aromatic carbocycles. The number of para-hydroxylation sites is 2. The van der Waals surface area contributed by atoms with Crippen LogP contribution < -0.4 is 20.1 Å². The minimum atomic E-state index is -1.12. The molecule has 0 aliphatic rings. The zero-order chi connectivity index (χ0) is 20.6. The highest BCUT2D eigenvalue weighted by atomic mass is 16.5. The Hall–Kier alpha value is -4.07. The number of rotatable bonds is 7. The number of pyridine rings is 1. The summed E-state index contributed by atoms with van der Waals surface area (Å²) in [6.07, 6.45) is 1.37. The van der Waals surface area contributed by atoms with Crippen molar-refractivity contribution >= 4 is 17.7 Å². The van der Waals surface area contributed by atoms with Crippen LogP contribution in [0, 0.1) is 0 Å². The predicted molar refractivity (Wildman–Crippen MR) is 107 cm³/mol. The molecule has 0 radical (unpaired) electrons. The summed E-state index contributed by atoms with van der Waals surface area (Å²) in [6, 6.07) is 16.8. The predicted octanol–water partition coefficient (Wildman–Crippen LogP) is 3.90. The van der Waals surface area contributed by atoms with Gasteiger partial charge in [-0.25, -0.2) is 14.6 Å². The maximum Gasteiger partial charge on any atom is 0.354 e. The van der Waals surface area contributed by atoms with Crippen LogP contribution in [-0.4, -0.2) is 29.2 Å². The van der Waals surface area contributed by atoms with Crippen molar-refractivity contribution in [3.05, 3.63) is 78.1 Å². The fourth-order valence-corrected chi connectivity index (χ4v) is 2.50. The lowest BCUT2D eigenvalue weighted by Crippen LogP contribution is -2.28. The molecule has 1 heterocycles. The number of hydrogen-bond acceptors (Lipinski definition) is 5. The van der Waals surface area contributed by atoms with E-state index in [1.807, 2.05) is 6.07 Å². The van der Waals surface area contributed by atoms with Crippen LogP contribution in [0.15, 0.2) is 66.9 Å². The molecular weight excluding hydrogens is 374 g/mol. The summed E-state index contributed by atoms with van der Waals surface area (Å²) in [5.41, 5.74) is 1.35. The largest absolute Gasteiger partial charge is 0.495 e. The highest BCUT2D eigenvalue weighted by Gasteiger charge is 2.08. The minimum absolute atomic E-state index is 0.0932. The van der Waals surface area contributed by atoms with Gasteiger partial charge in [-0.1, -0.05) is 24.3 Å². The van der Waals surface area contributed by atoms with Crippen molar-refractivity contribution in [2.24, 2.45) is 0 Å². The minimum Gasteiger partial charge on any atom is -0.495 e. The summed E-state index contributed by atoms with van der Waals surface area (Å²) in [5, 5.41) is 14.5. The molecule has 0 bridgehead atoms. The van der Waals surface area contributed by atoms with Crippen molar-refractivity contribution in [3.63, 3.8) is 0 Å². The fourth-order valence-electron chi connectivity index (χ4n) is 2.50. The van der Waals surface area contributed by atoms with E-state index in [-0.39, 0.29) is 11.7 Å². The third-order valence-corrected chi connectivity index (χ3v) is 3.92. The fraction of sp³-hybridized carbons (Fsp3) is 0.0952. The quantitative estimate of drug-likeness (QED) is 0.562. The number of benzene rings is 2. The molecule has 3 aromatic rings. The lowest BCUT2D eigenvalue weighted by molar-refractivity contribution is 0.0690. The first-order valence-corrected chi connectivity index (χ1v) is 8.69. The van der Waals surface area contributed by atoms with Crippen molar-refractivity contribution in [2.45, 2.75) is 6.54 Å². The number of carbonyl (C=O) groups excluding carboxylic acids is 1. The SMILES string of the molecule is COc1ccccc1NC(=O)NCc1ccc(Oc2ccnc(C(=O)O)c2)cc1. The van der Waals surface area contributed by atoms with E-state index in [4.69, 9.17) is 14.6 Å². The van der Waals surface area contributed by atoms with Crippen LogP contribution in [0.1, 0.15) is 16.1 Å². The molecule has 0 saturated carbocycles. The number of urea groups is 1. The van der Waals surface area contributed by atoms with Crippen LogP contribution in [-0.2, 0) is 6.54 Å². The van der Waals surface area contributed by atoms with Gasteiger partial charge >= 0.3 is 12.0 Å². The number of nitrogens with one attached hydrogen (secondary N) is 2. The number of methoxy groups -OCH3 is 1. The van der Waals surface area contributed by atoms with Gasteiger partial charge < -0.3 is 25.2 Å².